The molecule has 0 atom stereocenters. The van der Waals surface area contributed by atoms with Crippen molar-refractivity contribution >= 4 is 61.3 Å². The van der Waals surface area contributed by atoms with Gasteiger partial charge in [-0.05, 0) is 98.1 Å². The van der Waals surface area contributed by atoms with Crippen LogP contribution < -0.4 is 0 Å². The zero-order valence-corrected chi connectivity index (χ0v) is 26.7. The summed E-state index contributed by atoms with van der Waals surface area (Å²) in [5.41, 5.74) is -0.425. The average Bonchev–Trinajstić information content (AvgIpc) is 3.27. The number of hydrogen-bond donors (Lipinski definition) is 2. The minimum atomic E-state index is -0.213. The van der Waals surface area contributed by atoms with Gasteiger partial charge in [0.05, 0.1) is 10.1 Å². The van der Waals surface area contributed by atoms with Crippen LogP contribution in [0, 0.1) is 9.54 Å². The number of Topliss-reactive ketones (excluding diaryl/α,β-unsaturated/α-hetero) is 2. The van der Waals surface area contributed by atoms with Crippen molar-refractivity contribution in [1.29, 1.82) is 0 Å². The van der Waals surface area contributed by atoms with Crippen molar-refractivity contribution < 1.29 is 9.59 Å². The van der Waals surface area contributed by atoms with Crippen molar-refractivity contribution in [2.45, 2.75) is 134 Å². The van der Waals surface area contributed by atoms with E-state index in [0.717, 1.165) is 58.4 Å². The number of rotatable bonds is 16. The zero-order valence-electron chi connectivity index (χ0n) is 23.2. The van der Waals surface area contributed by atoms with Crippen molar-refractivity contribution in [3.8, 4) is 0 Å². The van der Waals surface area contributed by atoms with Crippen LogP contribution in [-0.2, 0) is 33.8 Å². The molecule has 2 aromatic heterocycles. The first kappa shape index (κ1) is 32.1. The number of carbonyl (C=O) groups excluding carboxylic acids is 2. The fourth-order valence-corrected chi connectivity index (χ4v) is 7.14. The van der Waals surface area contributed by atoms with E-state index in [1.165, 1.54) is 0 Å². The SMILES string of the molecule is CCn1cc(S)n(C(C)(C)CCCC(=O)CCCC(=O)CCCC(C)(C)n2c(S)cn(CC)c2=S)c1=S. The molecule has 0 fully saturated rings. The Labute approximate surface area is 243 Å². The molecule has 6 nitrogen and oxygen atoms in total. The third-order valence-corrected chi connectivity index (χ3v) is 8.63. The molecule has 0 bridgehead atoms. The monoisotopic (exact) mass is 584 g/mol. The normalized spacial score (nSPS) is 12.3. The van der Waals surface area contributed by atoms with Crippen molar-refractivity contribution in [2.24, 2.45) is 0 Å². The van der Waals surface area contributed by atoms with E-state index in [4.69, 9.17) is 24.4 Å². The first-order valence-corrected chi connectivity index (χ1v) is 15.0. The molecule has 0 radical (unpaired) electrons. The van der Waals surface area contributed by atoms with Crippen LogP contribution in [0.15, 0.2) is 22.4 Å². The van der Waals surface area contributed by atoms with Crippen molar-refractivity contribution in [2.75, 3.05) is 0 Å². The predicted octanol–water partition coefficient (Wildman–Crippen LogP) is 7.79. The lowest BCUT2D eigenvalue weighted by atomic mass is 9.94. The molecule has 0 saturated heterocycles. The Balaban J connectivity index is 1.72. The highest BCUT2D eigenvalue weighted by atomic mass is 32.1. The van der Waals surface area contributed by atoms with E-state index in [1.807, 2.05) is 21.5 Å². The number of nitrogens with zero attached hydrogens (tertiary/aromatic N) is 4. The van der Waals surface area contributed by atoms with Crippen molar-refractivity contribution in [3.63, 3.8) is 0 Å². The maximum absolute atomic E-state index is 12.4. The molecule has 0 aliphatic carbocycles. The minimum absolute atomic E-state index is 0.213. The third-order valence-electron chi connectivity index (χ3n) is 7.17. The average molecular weight is 585 g/mol. The predicted molar refractivity (Wildman–Crippen MR) is 163 cm³/mol. The molecule has 0 saturated carbocycles. The Morgan fingerprint density at radius 3 is 1.32 bits per heavy atom. The van der Waals surface area contributed by atoms with E-state index < -0.39 is 0 Å². The van der Waals surface area contributed by atoms with E-state index in [0.29, 0.717) is 32.1 Å². The van der Waals surface area contributed by atoms with Gasteiger partial charge in [0.1, 0.15) is 11.6 Å². The van der Waals surface area contributed by atoms with E-state index in [-0.39, 0.29) is 22.6 Å². The van der Waals surface area contributed by atoms with E-state index in [2.05, 4.69) is 75.9 Å². The Morgan fingerprint density at radius 1 is 0.703 bits per heavy atom. The second-order valence-electron chi connectivity index (χ2n) is 11.0. The molecule has 2 aromatic rings. The number of aryl methyl sites for hydroxylation is 2. The van der Waals surface area contributed by atoms with Crippen LogP contribution in [0.3, 0.4) is 0 Å². The van der Waals surface area contributed by atoms with Crippen LogP contribution in [-0.4, -0.2) is 29.8 Å². The number of imidazole rings is 2. The largest absolute Gasteiger partial charge is 0.323 e. The topological polar surface area (TPSA) is 53.9 Å². The number of thiol groups is 2. The molecule has 37 heavy (non-hydrogen) atoms. The lowest BCUT2D eigenvalue weighted by Gasteiger charge is -2.28. The summed E-state index contributed by atoms with van der Waals surface area (Å²) >= 11 is 20.4. The Bertz CT molecular complexity index is 1110. The summed E-state index contributed by atoms with van der Waals surface area (Å²) in [5, 5.41) is 1.69. The Hall–Kier alpha value is -1.10. The second kappa shape index (κ2) is 13.8. The third kappa shape index (κ3) is 8.44. The van der Waals surface area contributed by atoms with Crippen LogP contribution in [0.1, 0.15) is 99.3 Å². The van der Waals surface area contributed by atoms with E-state index in [9.17, 15) is 9.59 Å². The van der Waals surface area contributed by atoms with Crippen LogP contribution in [0.25, 0.3) is 0 Å². The molecular formula is C27H44N4O2S4. The van der Waals surface area contributed by atoms with Gasteiger partial charge >= 0.3 is 0 Å². The number of hydrogen-bond acceptors (Lipinski definition) is 6. The molecular weight excluding hydrogens is 541 g/mol. The molecule has 0 unspecified atom stereocenters. The number of ketones is 2. The number of aromatic nitrogens is 4. The molecule has 0 spiro atoms. The molecule has 0 aliphatic heterocycles. The van der Waals surface area contributed by atoms with Gasteiger partial charge in [0.2, 0.25) is 0 Å². The summed E-state index contributed by atoms with van der Waals surface area (Å²) in [6.07, 6.45) is 9.78. The van der Waals surface area contributed by atoms with Gasteiger partial charge in [0.25, 0.3) is 0 Å². The smallest absolute Gasteiger partial charge is 0.181 e. The maximum Gasteiger partial charge on any atom is 0.181 e. The standard InChI is InChI=1S/C27H44N4O2S4/c1-7-28-18-22(34)30(24(28)36)26(3,4)16-10-14-20(32)12-9-13-21(33)15-11-17-27(5,6)31-23(35)19-29(8-2)25(31)37/h18-19,34-35H,7-17H2,1-6H3. The lowest BCUT2D eigenvalue weighted by Crippen LogP contribution is -2.27. The number of carbonyl (C=O) groups is 2. The fraction of sp³-hybridized carbons (Fsp3) is 0.704. The highest BCUT2D eigenvalue weighted by molar-refractivity contribution is 7.80. The van der Waals surface area contributed by atoms with Gasteiger partial charge in [-0.15, -0.1) is 25.3 Å². The summed E-state index contributed by atoms with van der Waals surface area (Å²) < 4.78 is 9.70. The molecule has 10 heteroatoms. The lowest BCUT2D eigenvalue weighted by molar-refractivity contribution is -0.120. The highest BCUT2D eigenvalue weighted by Crippen LogP contribution is 2.29. The molecule has 2 rings (SSSR count). The van der Waals surface area contributed by atoms with Gasteiger partial charge in [0, 0.05) is 62.2 Å². The van der Waals surface area contributed by atoms with Crippen LogP contribution >= 0.6 is 49.7 Å². The van der Waals surface area contributed by atoms with Crippen LogP contribution in [0.5, 0.6) is 0 Å². The van der Waals surface area contributed by atoms with Gasteiger partial charge in [-0.25, -0.2) is 0 Å². The van der Waals surface area contributed by atoms with E-state index >= 15 is 0 Å². The fourth-order valence-electron chi connectivity index (χ4n) is 4.94. The molecule has 208 valence electrons. The van der Waals surface area contributed by atoms with Crippen molar-refractivity contribution in [1.82, 2.24) is 18.3 Å². The molecule has 0 N–H and O–H groups in total. The summed E-state index contributed by atoms with van der Waals surface area (Å²) in [4.78, 5) is 24.9. The first-order chi connectivity index (χ1) is 17.2. The van der Waals surface area contributed by atoms with Crippen LogP contribution in [0.4, 0.5) is 0 Å². The molecule has 0 aromatic carbocycles. The summed E-state index contributed by atoms with van der Waals surface area (Å²) in [5.74, 6) is 0.448. The molecule has 0 aliphatic rings. The summed E-state index contributed by atoms with van der Waals surface area (Å²) in [6, 6.07) is 0. The Morgan fingerprint density at radius 2 is 1.03 bits per heavy atom. The summed E-state index contributed by atoms with van der Waals surface area (Å²) in [7, 11) is 0. The zero-order chi connectivity index (χ0) is 28.0. The van der Waals surface area contributed by atoms with Crippen LogP contribution in [0.2, 0.25) is 0 Å². The maximum atomic E-state index is 12.4. The van der Waals surface area contributed by atoms with Crippen molar-refractivity contribution in [3.05, 3.63) is 21.9 Å². The quantitative estimate of drug-likeness (QED) is 0.156. The molecule has 0 amide bonds. The van der Waals surface area contributed by atoms with Gasteiger partial charge < -0.3 is 18.3 Å². The van der Waals surface area contributed by atoms with E-state index in [1.54, 1.807) is 0 Å². The summed E-state index contributed by atoms with van der Waals surface area (Å²) in [6.45, 7) is 14.3. The van der Waals surface area contributed by atoms with Gasteiger partial charge in [-0.1, -0.05) is 0 Å². The molecule has 2 heterocycles. The van der Waals surface area contributed by atoms with Gasteiger partial charge in [-0.2, -0.15) is 0 Å². The second-order valence-corrected chi connectivity index (χ2v) is 12.7. The minimum Gasteiger partial charge on any atom is -0.323 e. The Kier molecular flexibility index (Phi) is 12.0. The van der Waals surface area contributed by atoms with Gasteiger partial charge in [0.15, 0.2) is 9.54 Å². The first-order valence-electron chi connectivity index (χ1n) is 13.3. The highest BCUT2D eigenvalue weighted by Gasteiger charge is 2.25. The van der Waals surface area contributed by atoms with Gasteiger partial charge in [-0.3, -0.25) is 9.59 Å².